The minimum absolute atomic E-state index is 0.0453. The lowest BCUT2D eigenvalue weighted by Gasteiger charge is -2.08. The Bertz CT molecular complexity index is 643. The Hall–Kier alpha value is -1.27. The van der Waals surface area contributed by atoms with Gasteiger partial charge in [0.05, 0.1) is 5.56 Å². The number of benzene rings is 2. The lowest BCUT2D eigenvalue weighted by Crippen LogP contribution is -2.12. The number of carbonyl (C=O) groups is 1. The molecule has 0 aromatic heterocycles. The third kappa shape index (κ3) is 3.39. The lowest BCUT2D eigenvalue weighted by atomic mass is 10.1. The summed E-state index contributed by atoms with van der Waals surface area (Å²) < 4.78 is 0.877. The van der Waals surface area contributed by atoms with Crippen LogP contribution in [0.4, 0.5) is 5.69 Å². The summed E-state index contributed by atoms with van der Waals surface area (Å²) in [5.74, 6) is -0.410. The number of aromatic hydroxyl groups is 1. The predicted molar refractivity (Wildman–Crippen MR) is 85.0 cm³/mol. The van der Waals surface area contributed by atoms with Crippen molar-refractivity contribution in [1.82, 2.24) is 0 Å². The Balaban J connectivity index is 2.25. The highest BCUT2D eigenvalue weighted by molar-refractivity contribution is 14.1. The van der Waals surface area contributed by atoms with Gasteiger partial charge in [-0.15, -0.1) is 0 Å². The maximum atomic E-state index is 12.1. The number of hydrogen-bond donors (Lipinski definition) is 2. The van der Waals surface area contributed by atoms with Crippen molar-refractivity contribution < 1.29 is 9.90 Å². The van der Waals surface area contributed by atoms with Crippen molar-refractivity contribution in [2.45, 2.75) is 6.92 Å². The van der Waals surface area contributed by atoms with E-state index in [2.05, 4.69) is 27.9 Å². The molecule has 5 heteroatoms. The molecule has 2 N–H and O–H groups in total. The number of amides is 1. The maximum Gasteiger partial charge on any atom is 0.259 e. The molecular formula is C14H11ClINO2. The standard InChI is InChI=1S/C14H11ClINO2/c1-8-2-4-10(7-12(8)15)17-14(19)11-6-9(16)3-5-13(11)18/h2-7,18H,1H3,(H,17,19). The first-order valence-corrected chi connectivity index (χ1v) is 6.99. The molecule has 0 saturated heterocycles. The largest absolute Gasteiger partial charge is 0.507 e. The average molecular weight is 388 g/mol. The zero-order chi connectivity index (χ0) is 14.0. The Kier molecular flexibility index (Phi) is 4.31. The summed E-state index contributed by atoms with van der Waals surface area (Å²) in [5, 5.41) is 13.0. The van der Waals surface area contributed by atoms with Crippen molar-refractivity contribution in [1.29, 1.82) is 0 Å². The SMILES string of the molecule is Cc1ccc(NC(=O)c2cc(I)ccc2O)cc1Cl. The van der Waals surface area contributed by atoms with Gasteiger partial charge < -0.3 is 10.4 Å². The molecule has 98 valence electrons. The highest BCUT2D eigenvalue weighted by Crippen LogP contribution is 2.23. The number of anilines is 1. The molecule has 2 rings (SSSR count). The van der Waals surface area contributed by atoms with Crippen molar-refractivity contribution >= 4 is 45.8 Å². The second-order valence-corrected chi connectivity index (χ2v) is 5.73. The van der Waals surface area contributed by atoms with Crippen LogP contribution in [0, 0.1) is 10.5 Å². The molecule has 2 aromatic carbocycles. The van der Waals surface area contributed by atoms with Crippen LogP contribution >= 0.6 is 34.2 Å². The highest BCUT2D eigenvalue weighted by Gasteiger charge is 2.12. The van der Waals surface area contributed by atoms with E-state index in [9.17, 15) is 9.90 Å². The van der Waals surface area contributed by atoms with Gasteiger partial charge in [-0.05, 0) is 65.4 Å². The van der Waals surface area contributed by atoms with Crippen LogP contribution in [-0.4, -0.2) is 11.0 Å². The topological polar surface area (TPSA) is 49.3 Å². The van der Waals surface area contributed by atoms with Crippen LogP contribution in [0.15, 0.2) is 36.4 Å². The molecule has 0 heterocycles. The number of rotatable bonds is 2. The lowest BCUT2D eigenvalue weighted by molar-refractivity contribution is 0.102. The van der Waals surface area contributed by atoms with E-state index >= 15 is 0 Å². The Morgan fingerprint density at radius 1 is 1.26 bits per heavy atom. The molecule has 0 fully saturated rings. The monoisotopic (exact) mass is 387 g/mol. The minimum atomic E-state index is -0.365. The number of phenolic OH excluding ortho intramolecular Hbond substituents is 1. The molecule has 0 saturated carbocycles. The fourth-order valence-electron chi connectivity index (χ4n) is 1.56. The first kappa shape index (κ1) is 14.1. The maximum absolute atomic E-state index is 12.1. The number of aryl methyl sites for hydroxylation is 1. The molecule has 1 amide bonds. The second kappa shape index (κ2) is 5.79. The molecule has 3 nitrogen and oxygen atoms in total. The number of nitrogens with one attached hydrogen (secondary N) is 1. The van der Waals surface area contributed by atoms with Crippen LogP contribution in [0.5, 0.6) is 5.75 Å². The van der Waals surface area contributed by atoms with Crippen molar-refractivity contribution in [3.8, 4) is 5.75 Å². The van der Waals surface area contributed by atoms with Crippen LogP contribution in [0.2, 0.25) is 5.02 Å². The molecule has 2 aromatic rings. The van der Waals surface area contributed by atoms with Gasteiger partial charge in [0.15, 0.2) is 0 Å². The van der Waals surface area contributed by atoms with Gasteiger partial charge in [0.2, 0.25) is 0 Å². The molecule has 0 radical (unpaired) electrons. The molecule has 0 aliphatic rings. The number of hydrogen-bond acceptors (Lipinski definition) is 2. The molecule has 0 aliphatic heterocycles. The fourth-order valence-corrected chi connectivity index (χ4v) is 2.23. The van der Waals surface area contributed by atoms with Gasteiger partial charge in [-0.3, -0.25) is 4.79 Å². The molecular weight excluding hydrogens is 377 g/mol. The van der Waals surface area contributed by atoms with Crippen molar-refractivity contribution in [3.05, 3.63) is 56.1 Å². The van der Waals surface area contributed by atoms with E-state index in [1.807, 2.05) is 13.0 Å². The Morgan fingerprint density at radius 3 is 2.68 bits per heavy atom. The summed E-state index contributed by atoms with van der Waals surface area (Å²) in [6.45, 7) is 1.89. The third-order valence-corrected chi connectivity index (χ3v) is 3.71. The summed E-state index contributed by atoms with van der Waals surface area (Å²) >= 11 is 8.08. The predicted octanol–water partition coefficient (Wildman–Crippen LogP) is 4.21. The molecule has 19 heavy (non-hydrogen) atoms. The van der Waals surface area contributed by atoms with Gasteiger partial charge >= 0.3 is 0 Å². The van der Waals surface area contributed by atoms with Crippen LogP contribution in [0.1, 0.15) is 15.9 Å². The average Bonchev–Trinajstić information content (AvgIpc) is 2.36. The Morgan fingerprint density at radius 2 is 2.00 bits per heavy atom. The van der Waals surface area contributed by atoms with E-state index in [1.165, 1.54) is 6.07 Å². The molecule has 0 unspecified atom stereocenters. The van der Waals surface area contributed by atoms with Gasteiger partial charge in [-0.2, -0.15) is 0 Å². The molecule has 0 aliphatic carbocycles. The number of carbonyl (C=O) groups excluding carboxylic acids is 1. The van der Waals surface area contributed by atoms with Crippen molar-refractivity contribution in [2.75, 3.05) is 5.32 Å². The normalized spacial score (nSPS) is 10.3. The van der Waals surface area contributed by atoms with Gasteiger partial charge in [-0.25, -0.2) is 0 Å². The summed E-state index contributed by atoms with van der Waals surface area (Å²) in [6, 6.07) is 10.1. The first-order chi connectivity index (χ1) is 8.97. The van der Waals surface area contributed by atoms with Crippen molar-refractivity contribution in [2.24, 2.45) is 0 Å². The fraction of sp³-hybridized carbons (Fsp3) is 0.0714. The Labute approximate surface area is 129 Å². The minimum Gasteiger partial charge on any atom is -0.507 e. The number of halogens is 2. The van der Waals surface area contributed by atoms with Crippen molar-refractivity contribution in [3.63, 3.8) is 0 Å². The zero-order valence-corrected chi connectivity index (χ0v) is 13.0. The smallest absolute Gasteiger partial charge is 0.259 e. The summed E-state index contributed by atoms with van der Waals surface area (Å²) in [6.07, 6.45) is 0. The summed E-state index contributed by atoms with van der Waals surface area (Å²) in [7, 11) is 0. The van der Waals surface area contributed by atoms with Gasteiger partial charge in [0.25, 0.3) is 5.91 Å². The van der Waals surface area contributed by atoms with Crippen LogP contribution in [0.3, 0.4) is 0 Å². The van der Waals surface area contributed by atoms with E-state index in [0.717, 1.165) is 9.13 Å². The highest BCUT2D eigenvalue weighted by atomic mass is 127. The van der Waals surface area contributed by atoms with E-state index in [-0.39, 0.29) is 17.2 Å². The number of phenols is 1. The van der Waals surface area contributed by atoms with Crippen LogP contribution in [0.25, 0.3) is 0 Å². The second-order valence-electron chi connectivity index (χ2n) is 4.08. The van der Waals surface area contributed by atoms with E-state index in [0.29, 0.717) is 10.7 Å². The van der Waals surface area contributed by atoms with Crippen LogP contribution < -0.4 is 5.32 Å². The quantitative estimate of drug-likeness (QED) is 0.758. The molecule has 0 spiro atoms. The third-order valence-electron chi connectivity index (χ3n) is 2.63. The summed E-state index contributed by atoms with van der Waals surface area (Å²) in [5.41, 5.74) is 1.78. The molecule has 0 atom stereocenters. The summed E-state index contributed by atoms with van der Waals surface area (Å²) in [4.78, 5) is 12.1. The zero-order valence-electron chi connectivity index (χ0n) is 10.1. The van der Waals surface area contributed by atoms with Gasteiger partial charge in [0, 0.05) is 14.3 Å². The molecule has 0 bridgehead atoms. The van der Waals surface area contributed by atoms with E-state index in [1.54, 1.807) is 24.3 Å². The van der Waals surface area contributed by atoms with E-state index in [4.69, 9.17) is 11.6 Å². The van der Waals surface area contributed by atoms with Crippen LogP contribution in [-0.2, 0) is 0 Å². The van der Waals surface area contributed by atoms with Gasteiger partial charge in [-0.1, -0.05) is 17.7 Å². The first-order valence-electron chi connectivity index (χ1n) is 5.53. The van der Waals surface area contributed by atoms with Gasteiger partial charge in [0.1, 0.15) is 5.75 Å². The van der Waals surface area contributed by atoms with E-state index < -0.39 is 0 Å².